The Morgan fingerprint density at radius 2 is 1.92 bits per heavy atom. The maximum Gasteiger partial charge on any atom is 0.252 e. The molecule has 0 radical (unpaired) electrons. The van der Waals surface area contributed by atoms with Crippen molar-refractivity contribution in [2.45, 2.75) is 36.1 Å². The molecule has 136 valence electrons. The summed E-state index contributed by atoms with van der Waals surface area (Å²) < 4.78 is 1.15. The minimum absolute atomic E-state index is 0.0969. The Morgan fingerprint density at radius 1 is 1.27 bits per heavy atom. The summed E-state index contributed by atoms with van der Waals surface area (Å²) in [6.45, 7) is 6.50. The number of benzene rings is 1. The molecule has 0 aliphatic rings. The van der Waals surface area contributed by atoms with E-state index in [0.29, 0.717) is 20.2 Å². The minimum Gasteiger partial charge on any atom is -0.506 e. The molecular formula is C19H20N2O3S2. The number of pyridine rings is 1. The van der Waals surface area contributed by atoms with E-state index in [1.165, 1.54) is 28.7 Å². The fourth-order valence-corrected chi connectivity index (χ4v) is 5.04. The van der Waals surface area contributed by atoms with Gasteiger partial charge in [-0.2, -0.15) is 0 Å². The van der Waals surface area contributed by atoms with Gasteiger partial charge in [-0.15, -0.1) is 23.1 Å². The molecule has 0 unspecified atom stereocenters. The average molecular weight is 389 g/mol. The van der Waals surface area contributed by atoms with Crippen molar-refractivity contribution >= 4 is 39.2 Å². The third-order valence-electron chi connectivity index (χ3n) is 4.06. The molecule has 2 aromatic heterocycles. The fourth-order valence-electron chi connectivity index (χ4n) is 2.63. The first-order valence-corrected chi connectivity index (χ1v) is 9.88. The van der Waals surface area contributed by atoms with Crippen molar-refractivity contribution in [2.24, 2.45) is 5.73 Å². The zero-order valence-corrected chi connectivity index (χ0v) is 16.4. The van der Waals surface area contributed by atoms with Crippen LogP contribution in [-0.4, -0.2) is 16.0 Å². The number of primary amides is 1. The summed E-state index contributed by atoms with van der Waals surface area (Å²) >= 11 is 2.72. The van der Waals surface area contributed by atoms with Crippen LogP contribution in [0.5, 0.6) is 5.75 Å². The lowest BCUT2D eigenvalue weighted by Gasteiger charge is -2.19. The normalized spacial score (nSPS) is 11.8. The predicted molar refractivity (Wildman–Crippen MR) is 107 cm³/mol. The Bertz CT molecular complexity index is 1030. The number of aromatic nitrogens is 1. The van der Waals surface area contributed by atoms with E-state index in [0.717, 1.165) is 11.6 Å². The van der Waals surface area contributed by atoms with Crippen LogP contribution in [0.15, 0.2) is 39.3 Å². The van der Waals surface area contributed by atoms with E-state index >= 15 is 0 Å². The number of aromatic amines is 1. The highest BCUT2D eigenvalue weighted by Gasteiger charge is 2.20. The summed E-state index contributed by atoms with van der Waals surface area (Å²) in [5.41, 5.74) is 8.08. The van der Waals surface area contributed by atoms with Gasteiger partial charge in [0.15, 0.2) is 0 Å². The number of aromatic hydroxyl groups is 1. The SMILES string of the molecule is CC(C)(C)c1ccc(CSc2sc3c(O)cc(=O)[nH]c3c2C(N)=O)cc1. The second-order valence-electron chi connectivity index (χ2n) is 7.09. The van der Waals surface area contributed by atoms with Crippen LogP contribution in [0.4, 0.5) is 0 Å². The lowest BCUT2D eigenvalue weighted by molar-refractivity contribution is 0.0999. The van der Waals surface area contributed by atoms with Gasteiger partial charge in [-0.05, 0) is 16.5 Å². The predicted octanol–water partition coefficient (Wildman–Crippen LogP) is 3.98. The Morgan fingerprint density at radius 3 is 2.50 bits per heavy atom. The Hall–Kier alpha value is -2.25. The molecule has 0 bridgehead atoms. The topological polar surface area (TPSA) is 96.2 Å². The molecule has 0 atom stereocenters. The number of nitrogens with two attached hydrogens (primary N) is 1. The lowest BCUT2D eigenvalue weighted by Crippen LogP contribution is -2.13. The van der Waals surface area contributed by atoms with Gasteiger partial charge in [-0.25, -0.2) is 0 Å². The van der Waals surface area contributed by atoms with Crippen LogP contribution < -0.4 is 11.3 Å². The number of H-pyrrole nitrogens is 1. The number of carbonyl (C=O) groups excluding carboxylic acids is 1. The second kappa shape index (κ2) is 6.81. The molecule has 2 heterocycles. The molecule has 0 spiro atoms. The number of fused-ring (bicyclic) bond motifs is 1. The van der Waals surface area contributed by atoms with E-state index in [2.05, 4.69) is 50.0 Å². The third kappa shape index (κ3) is 3.64. The molecule has 0 aliphatic heterocycles. The number of amides is 1. The third-order valence-corrected chi connectivity index (χ3v) is 6.62. The number of thiophene rings is 1. The molecule has 1 aromatic carbocycles. The number of hydrogen-bond acceptors (Lipinski definition) is 5. The van der Waals surface area contributed by atoms with Gasteiger partial charge in [0.1, 0.15) is 5.75 Å². The molecule has 0 saturated heterocycles. The molecule has 7 heteroatoms. The molecule has 3 rings (SSSR count). The maximum absolute atomic E-state index is 11.9. The van der Waals surface area contributed by atoms with Gasteiger partial charge in [-0.1, -0.05) is 45.0 Å². The molecule has 4 N–H and O–H groups in total. The molecule has 26 heavy (non-hydrogen) atoms. The second-order valence-corrected chi connectivity index (χ2v) is 9.35. The van der Waals surface area contributed by atoms with E-state index in [1.807, 2.05) is 0 Å². The summed E-state index contributed by atoms with van der Waals surface area (Å²) in [4.78, 5) is 26.1. The molecule has 1 amide bonds. The van der Waals surface area contributed by atoms with Crippen molar-refractivity contribution in [3.63, 3.8) is 0 Å². The van der Waals surface area contributed by atoms with Crippen molar-refractivity contribution in [2.75, 3.05) is 0 Å². The van der Waals surface area contributed by atoms with Gasteiger partial charge in [0.2, 0.25) is 0 Å². The summed E-state index contributed by atoms with van der Waals surface area (Å²) in [5, 5.41) is 9.99. The Kier molecular flexibility index (Phi) is 4.86. The lowest BCUT2D eigenvalue weighted by atomic mass is 9.87. The average Bonchev–Trinajstić information content (AvgIpc) is 2.91. The maximum atomic E-state index is 11.9. The van der Waals surface area contributed by atoms with Crippen LogP contribution in [-0.2, 0) is 11.2 Å². The molecule has 5 nitrogen and oxygen atoms in total. The van der Waals surface area contributed by atoms with Crippen LogP contribution in [0.2, 0.25) is 0 Å². The van der Waals surface area contributed by atoms with Crippen molar-refractivity contribution < 1.29 is 9.90 Å². The highest BCUT2D eigenvalue weighted by Crippen LogP contribution is 2.41. The van der Waals surface area contributed by atoms with E-state index in [4.69, 9.17) is 5.73 Å². The number of nitrogens with one attached hydrogen (secondary N) is 1. The Labute approximate surface area is 159 Å². The summed E-state index contributed by atoms with van der Waals surface area (Å²) in [5.74, 6) is -0.108. The number of hydrogen-bond donors (Lipinski definition) is 3. The number of carbonyl (C=O) groups is 1. The number of rotatable bonds is 4. The molecule has 3 aromatic rings. The van der Waals surface area contributed by atoms with Crippen LogP contribution in [0.25, 0.3) is 10.2 Å². The quantitative estimate of drug-likeness (QED) is 0.589. The van der Waals surface area contributed by atoms with Gasteiger partial charge >= 0.3 is 0 Å². The molecule has 0 aliphatic carbocycles. The highest BCUT2D eigenvalue weighted by molar-refractivity contribution is 8.00. The van der Waals surface area contributed by atoms with Crippen molar-refractivity contribution in [3.8, 4) is 5.75 Å². The van der Waals surface area contributed by atoms with Crippen LogP contribution in [0.1, 0.15) is 42.3 Å². The molecule has 0 fully saturated rings. The molecule has 0 saturated carbocycles. The van der Waals surface area contributed by atoms with Gasteiger partial charge in [0.25, 0.3) is 11.5 Å². The zero-order chi connectivity index (χ0) is 19.1. The minimum atomic E-state index is -0.622. The van der Waals surface area contributed by atoms with Gasteiger partial charge in [-0.3, -0.25) is 9.59 Å². The van der Waals surface area contributed by atoms with Gasteiger partial charge in [0, 0.05) is 11.8 Å². The van der Waals surface area contributed by atoms with Crippen LogP contribution in [0, 0.1) is 0 Å². The standard InChI is InChI=1S/C19H20N2O3S2/c1-19(2,3)11-6-4-10(5-7-11)9-25-18-14(17(20)24)15-16(26-18)12(22)8-13(23)21-15/h4-8H,9H2,1-3H3,(H2,20,24)(H2,21,22,23). The highest BCUT2D eigenvalue weighted by atomic mass is 32.2. The zero-order valence-electron chi connectivity index (χ0n) is 14.8. The first-order chi connectivity index (χ1) is 12.2. The molecular weight excluding hydrogens is 368 g/mol. The van der Waals surface area contributed by atoms with Crippen molar-refractivity contribution in [1.29, 1.82) is 0 Å². The monoisotopic (exact) mass is 388 g/mol. The van der Waals surface area contributed by atoms with E-state index in [1.54, 1.807) is 0 Å². The first-order valence-electron chi connectivity index (χ1n) is 8.07. The van der Waals surface area contributed by atoms with Crippen LogP contribution in [0.3, 0.4) is 0 Å². The smallest absolute Gasteiger partial charge is 0.252 e. The first kappa shape index (κ1) is 18.5. The van der Waals surface area contributed by atoms with E-state index < -0.39 is 11.5 Å². The summed E-state index contributed by atoms with van der Waals surface area (Å²) in [6, 6.07) is 9.47. The number of thioether (sulfide) groups is 1. The summed E-state index contributed by atoms with van der Waals surface area (Å²) in [7, 11) is 0. The Balaban J connectivity index is 1.91. The van der Waals surface area contributed by atoms with Gasteiger partial charge < -0.3 is 15.8 Å². The summed E-state index contributed by atoms with van der Waals surface area (Å²) in [6.07, 6.45) is 0. The van der Waals surface area contributed by atoms with Crippen molar-refractivity contribution in [1.82, 2.24) is 4.98 Å². The van der Waals surface area contributed by atoms with Gasteiger partial charge in [0.05, 0.1) is 20.0 Å². The van der Waals surface area contributed by atoms with E-state index in [9.17, 15) is 14.7 Å². The van der Waals surface area contributed by atoms with E-state index in [-0.39, 0.29) is 16.7 Å². The van der Waals surface area contributed by atoms with Crippen LogP contribution >= 0.6 is 23.1 Å². The fraction of sp³-hybridized carbons (Fsp3) is 0.263. The largest absolute Gasteiger partial charge is 0.506 e. The van der Waals surface area contributed by atoms with Crippen molar-refractivity contribution in [3.05, 3.63) is 57.4 Å².